The molecular formula is C6H7NO4. The van der Waals surface area contributed by atoms with Crippen LogP contribution in [-0.4, -0.2) is 40.8 Å². The number of carbonyl (C=O) groups excluding carboxylic acids is 2. The van der Waals surface area contributed by atoms with Gasteiger partial charge in [0.2, 0.25) is 11.6 Å². The van der Waals surface area contributed by atoms with E-state index in [4.69, 9.17) is 5.11 Å². The van der Waals surface area contributed by atoms with Crippen LogP contribution in [0.25, 0.3) is 0 Å². The molecule has 0 unspecified atom stereocenters. The van der Waals surface area contributed by atoms with Crippen LogP contribution in [0.1, 0.15) is 6.42 Å². The molecule has 1 aliphatic heterocycles. The van der Waals surface area contributed by atoms with Crippen molar-refractivity contribution in [3.8, 4) is 0 Å². The van der Waals surface area contributed by atoms with Crippen LogP contribution in [-0.2, 0) is 9.59 Å². The second kappa shape index (κ2) is 2.69. The van der Waals surface area contributed by atoms with Gasteiger partial charge in [-0.3, -0.25) is 9.59 Å². The Bertz CT molecular complexity index is 223. The summed E-state index contributed by atoms with van der Waals surface area (Å²) in [5.41, 5.74) is 0. The summed E-state index contributed by atoms with van der Waals surface area (Å²) in [6.45, 7) is -0.145. The van der Waals surface area contributed by atoms with Crippen LogP contribution in [0.3, 0.4) is 0 Å². The lowest BCUT2D eigenvalue weighted by atomic mass is 10.1. The van der Waals surface area contributed by atoms with E-state index in [2.05, 4.69) is 0 Å². The highest BCUT2D eigenvalue weighted by Crippen LogP contribution is 2.02. The third-order valence-corrected chi connectivity index (χ3v) is 1.52. The number of hydrogen-bond acceptors (Lipinski definition) is 3. The van der Waals surface area contributed by atoms with Gasteiger partial charge < -0.3 is 10.0 Å². The number of Topliss-reactive ketones (excluding diaryl/α,β-unsaturated/α-hetero) is 2. The van der Waals surface area contributed by atoms with Gasteiger partial charge in [0.05, 0.1) is 6.54 Å². The average Bonchev–Trinajstić information content (AvgIpc) is 1.94. The largest absolute Gasteiger partial charge is 0.465 e. The average molecular weight is 157 g/mol. The predicted octanol–water partition coefficient (Wildman–Crippen LogP) is -0.492. The summed E-state index contributed by atoms with van der Waals surface area (Å²) in [5.74, 6) is -1.08. The number of ketones is 2. The van der Waals surface area contributed by atoms with Crippen molar-refractivity contribution in [3.63, 3.8) is 0 Å². The van der Waals surface area contributed by atoms with Crippen molar-refractivity contribution < 1.29 is 19.5 Å². The van der Waals surface area contributed by atoms with E-state index in [0.717, 1.165) is 4.90 Å². The molecule has 1 saturated heterocycles. The molecule has 0 spiro atoms. The highest BCUT2D eigenvalue weighted by molar-refractivity contribution is 6.38. The zero-order valence-corrected chi connectivity index (χ0v) is 5.74. The summed E-state index contributed by atoms with van der Waals surface area (Å²) in [6.07, 6.45) is -1.13. The van der Waals surface area contributed by atoms with Crippen LogP contribution in [0, 0.1) is 0 Å². The SMILES string of the molecule is O=C1CCN(C(=O)O)CC1=O. The monoisotopic (exact) mass is 157 g/mol. The molecule has 0 aromatic heterocycles. The maximum absolute atomic E-state index is 10.7. The minimum Gasteiger partial charge on any atom is -0.465 e. The fourth-order valence-electron chi connectivity index (χ4n) is 0.880. The van der Waals surface area contributed by atoms with Crippen LogP contribution in [0.5, 0.6) is 0 Å². The van der Waals surface area contributed by atoms with E-state index in [1.54, 1.807) is 0 Å². The Balaban J connectivity index is 2.60. The fraction of sp³-hybridized carbons (Fsp3) is 0.500. The van der Waals surface area contributed by atoms with E-state index < -0.39 is 17.7 Å². The minimum atomic E-state index is -1.15. The molecule has 60 valence electrons. The molecule has 11 heavy (non-hydrogen) atoms. The molecule has 1 aliphatic rings. The molecule has 0 aliphatic carbocycles. The number of carbonyl (C=O) groups is 3. The number of hydrogen-bond donors (Lipinski definition) is 1. The van der Waals surface area contributed by atoms with Gasteiger partial charge in [-0.15, -0.1) is 0 Å². The number of rotatable bonds is 0. The van der Waals surface area contributed by atoms with Gasteiger partial charge in [-0.25, -0.2) is 4.79 Å². The Kier molecular flexibility index (Phi) is 1.89. The Morgan fingerprint density at radius 3 is 2.45 bits per heavy atom. The zero-order valence-electron chi connectivity index (χ0n) is 5.74. The molecule has 1 N–H and O–H groups in total. The van der Waals surface area contributed by atoms with Crippen LogP contribution in [0.4, 0.5) is 4.79 Å². The molecule has 1 rings (SSSR count). The Morgan fingerprint density at radius 2 is 2.00 bits per heavy atom. The van der Waals surface area contributed by atoms with Crippen molar-refractivity contribution in [1.82, 2.24) is 4.90 Å². The van der Waals surface area contributed by atoms with Gasteiger partial charge >= 0.3 is 6.09 Å². The van der Waals surface area contributed by atoms with Crippen LogP contribution < -0.4 is 0 Å². The van der Waals surface area contributed by atoms with E-state index in [0.29, 0.717) is 0 Å². The van der Waals surface area contributed by atoms with Gasteiger partial charge in [-0.1, -0.05) is 0 Å². The number of likely N-dealkylation sites (tertiary alicyclic amines) is 1. The number of piperidine rings is 1. The van der Waals surface area contributed by atoms with Crippen molar-refractivity contribution in [2.75, 3.05) is 13.1 Å². The standard InChI is InChI=1S/C6H7NO4/c8-4-1-2-7(6(10)11)3-5(4)9/h1-3H2,(H,10,11). The van der Waals surface area contributed by atoms with Gasteiger partial charge in [0.15, 0.2) is 0 Å². The van der Waals surface area contributed by atoms with Gasteiger partial charge in [0, 0.05) is 13.0 Å². The summed E-state index contributed by atoms with van der Waals surface area (Å²) in [4.78, 5) is 32.5. The van der Waals surface area contributed by atoms with Crippen molar-refractivity contribution in [1.29, 1.82) is 0 Å². The Morgan fingerprint density at radius 1 is 1.36 bits per heavy atom. The van der Waals surface area contributed by atoms with Crippen molar-refractivity contribution in [3.05, 3.63) is 0 Å². The van der Waals surface area contributed by atoms with Crippen LogP contribution in [0.15, 0.2) is 0 Å². The first-order chi connectivity index (χ1) is 5.11. The molecule has 0 saturated carbocycles. The van der Waals surface area contributed by atoms with Crippen molar-refractivity contribution >= 4 is 17.7 Å². The van der Waals surface area contributed by atoms with Crippen molar-refractivity contribution in [2.45, 2.75) is 6.42 Å². The van der Waals surface area contributed by atoms with Crippen LogP contribution in [0.2, 0.25) is 0 Å². The molecule has 0 bridgehead atoms. The van der Waals surface area contributed by atoms with Gasteiger partial charge in [0.1, 0.15) is 0 Å². The zero-order chi connectivity index (χ0) is 8.43. The first-order valence-corrected chi connectivity index (χ1v) is 3.15. The summed E-state index contributed by atoms with van der Waals surface area (Å²) in [6, 6.07) is 0. The summed E-state index contributed by atoms with van der Waals surface area (Å²) in [7, 11) is 0. The first-order valence-electron chi connectivity index (χ1n) is 3.15. The smallest absolute Gasteiger partial charge is 0.407 e. The molecule has 5 nitrogen and oxygen atoms in total. The molecule has 5 heteroatoms. The topological polar surface area (TPSA) is 74.7 Å². The lowest BCUT2D eigenvalue weighted by Gasteiger charge is -2.21. The van der Waals surface area contributed by atoms with Gasteiger partial charge in [-0.05, 0) is 0 Å². The molecule has 0 aromatic rings. The van der Waals surface area contributed by atoms with E-state index >= 15 is 0 Å². The predicted molar refractivity (Wildman–Crippen MR) is 34.2 cm³/mol. The number of amides is 1. The number of nitrogens with zero attached hydrogens (tertiary/aromatic N) is 1. The maximum Gasteiger partial charge on any atom is 0.407 e. The fourth-order valence-corrected chi connectivity index (χ4v) is 0.880. The molecule has 1 amide bonds. The first kappa shape index (κ1) is 7.71. The Hall–Kier alpha value is -1.39. The normalized spacial score (nSPS) is 18.7. The summed E-state index contributed by atoms with van der Waals surface area (Å²) in [5, 5.41) is 8.40. The van der Waals surface area contributed by atoms with E-state index in [1.165, 1.54) is 0 Å². The maximum atomic E-state index is 10.7. The third-order valence-electron chi connectivity index (χ3n) is 1.52. The van der Waals surface area contributed by atoms with E-state index in [1.807, 2.05) is 0 Å². The Labute approximate surface area is 62.6 Å². The number of carboxylic acid groups (broad SMARTS) is 1. The summed E-state index contributed by atoms with van der Waals surface area (Å²) < 4.78 is 0. The highest BCUT2D eigenvalue weighted by atomic mass is 16.4. The highest BCUT2D eigenvalue weighted by Gasteiger charge is 2.26. The molecular weight excluding hydrogens is 150 g/mol. The molecule has 0 aromatic carbocycles. The molecule has 1 heterocycles. The molecule has 0 radical (unpaired) electrons. The molecule has 1 fully saturated rings. The minimum absolute atomic E-state index is 0.0190. The van der Waals surface area contributed by atoms with Gasteiger partial charge in [-0.2, -0.15) is 0 Å². The third kappa shape index (κ3) is 1.54. The lowest BCUT2D eigenvalue weighted by Crippen LogP contribution is -2.43. The summed E-state index contributed by atoms with van der Waals surface area (Å²) >= 11 is 0. The second-order valence-electron chi connectivity index (χ2n) is 2.30. The van der Waals surface area contributed by atoms with E-state index in [9.17, 15) is 14.4 Å². The van der Waals surface area contributed by atoms with Crippen LogP contribution >= 0.6 is 0 Å². The van der Waals surface area contributed by atoms with Gasteiger partial charge in [0.25, 0.3) is 0 Å². The quantitative estimate of drug-likeness (QED) is 0.481. The lowest BCUT2D eigenvalue weighted by molar-refractivity contribution is -0.139. The van der Waals surface area contributed by atoms with Crippen molar-refractivity contribution in [2.24, 2.45) is 0 Å². The van der Waals surface area contributed by atoms with E-state index in [-0.39, 0.29) is 19.5 Å². The second-order valence-corrected chi connectivity index (χ2v) is 2.30. The molecule has 0 atom stereocenters.